The Morgan fingerprint density at radius 1 is 1.25 bits per heavy atom. The summed E-state index contributed by atoms with van der Waals surface area (Å²) in [5, 5.41) is 15.0. The summed E-state index contributed by atoms with van der Waals surface area (Å²) < 4.78 is 0. The van der Waals surface area contributed by atoms with Gasteiger partial charge in [0.1, 0.15) is 0 Å². The molecule has 0 aliphatic heterocycles. The summed E-state index contributed by atoms with van der Waals surface area (Å²) in [5.41, 5.74) is -0.753. The third-order valence-electron chi connectivity index (χ3n) is 4.43. The second-order valence-electron chi connectivity index (χ2n) is 6.27. The molecular formula is C15H28N2O3. The number of nitrogens with one attached hydrogen (secondary N) is 2. The van der Waals surface area contributed by atoms with E-state index in [-0.39, 0.29) is 18.6 Å². The van der Waals surface area contributed by atoms with Crippen molar-refractivity contribution in [2.45, 2.75) is 65.3 Å². The number of hydrogen-bond donors (Lipinski definition) is 3. The van der Waals surface area contributed by atoms with Crippen molar-refractivity contribution in [2.75, 3.05) is 6.54 Å². The minimum Gasteiger partial charge on any atom is -0.481 e. The van der Waals surface area contributed by atoms with Gasteiger partial charge in [-0.1, -0.05) is 33.1 Å². The Hall–Kier alpha value is -1.26. The predicted molar refractivity (Wildman–Crippen MR) is 78.6 cm³/mol. The van der Waals surface area contributed by atoms with Crippen LogP contribution in [0.25, 0.3) is 0 Å². The highest BCUT2D eigenvalue weighted by Crippen LogP contribution is 2.37. The Morgan fingerprint density at radius 2 is 1.85 bits per heavy atom. The molecule has 116 valence electrons. The quantitative estimate of drug-likeness (QED) is 0.672. The van der Waals surface area contributed by atoms with Crippen LogP contribution in [0.15, 0.2) is 0 Å². The molecule has 0 radical (unpaired) electrons. The van der Waals surface area contributed by atoms with Crippen molar-refractivity contribution in [3.05, 3.63) is 0 Å². The summed E-state index contributed by atoms with van der Waals surface area (Å²) in [6.07, 6.45) is 5.21. The van der Waals surface area contributed by atoms with Gasteiger partial charge in [-0.2, -0.15) is 0 Å². The molecule has 0 aromatic carbocycles. The van der Waals surface area contributed by atoms with E-state index in [1.807, 2.05) is 6.92 Å². The van der Waals surface area contributed by atoms with Gasteiger partial charge in [-0.3, -0.25) is 4.79 Å². The van der Waals surface area contributed by atoms with Crippen molar-refractivity contribution in [3.63, 3.8) is 0 Å². The summed E-state index contributed by atoms with van der Waals surface area (Å²) in [5.74, 6) is -0.214. The van der Waals surface area contributed by atoms with Gasteiger partial charge in [-0.25, -0.2) is 4.79 Å². The lowest BCUT2D eigenvalue weighted by atomic mass is 9.86. The van der Waals surface area contributed by atoms with Gasteiger partial charge in [0.25, 0.3) is 0 Å². The molecule has 0 heterocycles. The van der Waals surface area contributed by atoms with Gasteiger partial charge in [0.2, 0.25) is 0 Å². The van der Waals surface area contributed by atoms with Crippen molar-refractivity contribution < 1.29 is 14.7 Å². The van der Waals surface area contributed by atoms with Gasteiger partial charge >= 0.3 is 12.0 Å². The van der Waals surface area contributed by atoms with Crippen LogP contribution in [0.2, 0.25) is 0 Å². The minimum absolute atomic E-state index is 0.106. The third-order valence-corrected chi connectivity index (χ3v) is 4.43. The van der Waals surface area contributed by atoms with Gasteiger partial charge in [0.15, 0.2) is 0 Å². The van der Waals surface area contributed by atoms with E-state index in [9.17, 15) is 14.7 Å². The van der Waals surface area contributed by atoms with E-state index in [4.69, 9.17) is 0 Å². The molecule has 0 aromatic heterocycles. The first-order chi connectivity index (χ1) is 9.39. The van der Waals surface area contributed by atoms with E-state index < -0.39 is 11.4 Å². The second-order valence-corrected chi connectivity index (χ2v) is 6.27. The molecule has 1 aliphatic rings. The number of urea groups is 1. The maximum atomic E-state index is 11.8. The monoisotopic (exact) mass is 284 g/mol. The number of hydrogen-bond acceptors (Lipinski definition) is 2. The molecule has 3 N–H and O–H groups in total. The topological polar surface area (TPSA) is 78.4 Å². The van der Waals surface area contributed by atoms with Crippen molar-refractivity contribution in [3.8, 4) is 0 Å². The zero-order chi connectivity index (χ0) is 15.2. The average molecular weight is 284 g/mol. The number of carbonyl (C=O) groups excluding carboxylic acids is 1. The van der Waals surface area contributed by atoms with Crippen LogP contribution >= 0.6 is 0 Å². The highest BCUT2D eigenvalue weighted by Gasteiger charge is 2.41. The molecule has 1 saturated carbocycles. The fourth-order valence-corrected chi connectivity index (χ4v) is 2.87. The summed E-state index contributed by atoms with van der Waals surface area (Å²) in [6, 6.07) is -0.150. The Bertz CT molecular complexity index is 338. The average Bonchev–Trinajstić information content (AvgIpc) is 2.86. The number of amides is 2. The molecule has 0 saturated heterocycles. The highest BCUT2D eigenvalue weighted by atomic mass is 16.4. The highest BCUT2D eigenvalue weighted by molar-refractivity contribution is 5.78. The molecule has 1 aliphatic carbocycles. The van der Waals surface area contributed by atoms with Crippen LogP contribution in [-0.2, 0) is 4.79 Å². The lowest BCUT2D eigenvalue weighted by Gasteiger charge is -2.25. The maximum Gasteiger partial charge on any atom is 0.315 e. The van der Waals surface area contributed by atoms with Crippen LogP contribution in [0, 0.1) is 11.3 Å². The molecule has 0 spiro atoms. The summed E-state index contributed by atoms with van der Waals surface area (Å²) in [6.45, 7) is 6.50. The third kappa shape index (κ3) is 4.69. The molecule has 2 unspecified atom stereocenters. The minimum atomic E-state index is -0.789. The van der Waals surface area contributed by atoms with Crippen LogP contribution < -0.4 is 10.6 Å². The zero-order valence-electron chi connectivity index (χ0n) is 12.9. The standard InChI is InChI=1S/C15H28N2O3/c1-4-11(2)9-12(3)17-14(20)16-10-15(13(18)19)7-5-6-8-15/h11-12H,4-10H2,1-3H3,(H,18,19)(H2,16,17,20). The molecule has 5 heteroatoms. The number of carboxylic acids is 1. The van der Waals surface area contributed by atoms with E-state index in [1.165, 1.54) is 0 Å². The molecule has 2 amide bonds. The van der Waals surface area contributed by atoms with E-state index >= 15 is 0 Å². The van der Waals surface area contributed by atoms with Crippen LogP contribution in [-0.4, -0.2) is 29.7 Å². The van der Waals surface area contributed by atoms with E-state index in [0.29, 0.717) is 18.8 Å². The summed E-state index contributed by atoms with van der Waals surface area (Å²) in [4.78, 5) is 23.2. The molecule has 1 fully saturated rings. The Balaban J connectivity index is 2.37. The van der Waals surface area contributed by atoms with E-state index in [2.05, 4.69) is 24.5 Å². The lowest BCUT2D eigenvalue weighted by Crippen LogP contribution is -2.47. The Morgan fingerprint density at radius 3 is 2.35 bits per heavy atom. The van der Waals surface area contributed by atoms with Crippen molar-refractivity contribution in [1.82, 2.24) is 10.6 Å². The number of rotatable bonds is 7. The number of aliphatic carboxylic acids is 1. The summed E-state index contributed by atoms with van der Waals surface area (Å²) in [7, 11) is 0. The first kappa shape index (κ1) is 16.8. The van der Waals surface area contributed by atoms with Crippen molar-refractivity contribution in [2.24, 2.45) is 11.3 Å². The molecular weight excluding hydrogens is 256 g/mol. The SMILES string of the molecule is CCC(C)CC(C)NC(=O)NCC1(C(=O)O)CCCC1. The predicted octanol–water partition coefficient (Wildman–Crippen LogP) is 2.76. The van der Waals surface area contributed by atoms with Crippen LogP contribution in [0.5, 0.6) is 0 Å². The van der Waals surface area contributed by atoms with Gasteiger partial charge in [-0.15, -0.1) is 0 Å². The zero-order valence-corrected chi connectivity index (χ0v) is 12.9. The molecule has 2 atom stereocenters. The Kier molecular flexibility index (Phi) is 6.30. The van der Waals surface area contributed by atoms with Gasteiger partial charge in [-0.05, 0) is 32.1 Å². The van der Waals surface area contributed by atoms with Gasteiger partial charge in [0, 0.05) is 12.6 Å². The van der Waals surface area contributed by atoms with E-state index in [1.54, 1.807) is 0 Å². The van der Waals surface area contributed by atoms with E-state index in [0.717, 1.165) is 25.7 Å². The first-order valence-corrected chi connectivity index (χ1v) is 7.67. The molecule has 0 aromatic rings. The largest absolute Gasteiger partial charge is 0.481 e. The lowest BCUT2D eigenvalue weighted by molar-refractivity contribution is -0.148. The second kappa shape index (κ2) is 7.50. The fourth-order valence-electron chi connectivity index (χ4n) is 2.87. The first-order valence-electron chi connectivity index (χ1n) is 7.67. The van der Waals surface area contributed by atoms with Crippen LogP contribution in [0.3, 0.4) is 0 Å². The van der Waals surface area contributed by atoms with Crippen LogP contribution in [0.4, 0.5) is 4.79 Å². The van der Waals surface area contributed by atoms with Crippen LogP contribution in [0.1, 0.15) is 59.3 Å². The molecule has 1 rings (SSSR count). The Labute approximate surface area is 121 Å². The van der Waals surface area contributed by atoms with Crippen molar-refractivity contribution >= 4 is 12.0 Å². The van der Waals surface area contributed by atoms with Gasteiger partial charge in [0.05, 0.1) is 5.41 Å². The normalized spacial score (nSPS) is 20.1. The van der Waals surface area contributed by atoms with Gasteiger partial charge < -0.3 is 15.7 Å². The summed E-state index contributed by atoms with van der Waals surface area (Å²) >= 11 is 0. The number of carboxylic acid groups (broad SMARTS) is 1. The van der Waals surface area contributed by atoms with Crippen molar-refractivity contribution in [1.29, 1.82) is 0 Å². The maximum absolute atomic E-state index is 11.8. The molecule has 5 nitrogen and oxygen atoms in total. The molecule has 0 bridgehead atoms. The molecule has 20 heavy (non-hydrogen) atoms. The fraction of sp³-hybridized carbons (Fsp3) is 0.867. The number of carbonyl (C=O) groups is 2. The smallest absolute Gasteiger partial charge is 0.315 e.